The first-order valence-electron chi connectivity index (χ1n) is 7.24. The van der Waals surface area contributed by atoms with E-state index < -0.39 is 0 Å². The van der Waals surface area contributed by atoms with Crippen LogP contribution in [-0.2, 0) is 0 Å². The quantitative estimate of drug-likeness (QED) is 0.540. The summed E-state index contributed by atoms with van der Waals surface area (Å²) in [7, 11) is 0. The lowest BCUT2D eigenvalue weighted by Gasteiger charge is -2.31. The van der Waals surface area contributed by atoms with Gasteiger partial charge in [-0.25, -0.2) is 9.97 Å². The van der Waals surface area contributed by atoms with Crippen LogP contribution in [0, 0.1) is 0 Å². The molecule has 0 bridgehead atoms. The summed E-state index contributed by atoms with van der Waals surface area (Å²) < 4.78 is 0. The van der Waals surface area contributed by atoms with E-state index in [1.165, 1.54) is 11.8 Å². The average Bonchev–Trinajstić information content (AvgIpc) is 2.47. The number of hydrogen-bond acceptors (Lipinski definition) is 6. The number of hydrogen-bond donors (Lipinski definition) is 2. The Hall–Kier alpha value is -1.01. The Morgan fingerprint density at radius 1 is 1.30 bits per heavy atom. The lowest BCUT2D eigenvalue weighted by Crippen LogP contribution is -2.37. The van der Waals surface area contributed by atoms with Gasteiger partial charge in [0.05, 0.1) is 6.61 Å². The number of thioether (sulfide) groups is 1. The van der Waals surface area contributed by atoms with Crippen LogP contribution in [0.15, 0.2) is 11.2 Å². The molecule has 20 heavy (non-hydrogen) atoms. The van der Waals surface area contributed by atoms with E-state index in [4.69, 9.17) is 0 Å². The largest absolute Gasteiger partial charge is 0.395 e. The van der Waals surface area contributed by atoms with Gasteiger partial charge in [-0.05, 0) is 26.0 Å². The first-order valence-corrected chi connectivity index (χ1v) is 8.46. The Labute approximate surface area is 126 Å². The minimum atomic E-state index is 0.131. The van der Waals surface area contributed by atoms with Crippen molar-refractivity contribution in [2.75, 3.05) is 36.2 Å². The van der Waals surface area contributed by atoms with Crippen molar-refractivity contribution in [3.8, 4) is 0 Å². The van der Waals surface area contributed by atoms with Gasteiger partial charge in [-0.2, -0.15) is 0 Å². The summed E-state index contributed by atoms with van der Waals surface area (Å²) in [4.78, 5) is 11.2. The van der Waals surface area contributed by atoms with Crippen molar-refractivity contribution in [1.82, 2.24) is 9.97 Å². The molecule has 1 aromatic heterocycles. The van der Waals surface area contributed by atoms with Crippen LogP contribution in [0.4, 0.5) is 11.6 Å². The lowest BCUT2D eigenvalue weighted by atomic mass is 10.1. The fraction of sp³-hybridized carbons (Fsp3) is 0.714. The van der Waals surface area contributed by atoms with Crippen LogP contribution < -0.4 is 10.2 Å². The van der Waals surface area contributed by atoms with Gasteiger partial charge < -0.3 is 15.3 Å². The molecular formula is C14H26N4OS. The van der Waals surface area contributed by atoms with Gasteiger partial charge in [0, 0.05) is 25.2 Å². The van der Waals surface area contributed by atoms with Crippen molar-refractivity contribution in [2.45, 2.75) is 44.8 Å². The molecule has 6 heteroatoms. The Morgan fingerprint density at radius 2 is 2.00 bits per heavy atom. The standard InChI is InChI=1S/C14H26N4OS/c1-5-11(6-2)18(8-9-19)13-10-12(15-7-3)16-14(17-13)20-4/h10-11,19H,5-9H2,1-4H3,(H,15,16,17). The van der Waals surface area contributed by atoms with Gasteiger partial charge in [0.25, 0.3) is 0 Å². The fourth-order valence-corrected chi connectivity index (χ4v) is 2.62. The molecule has 0 aliphatic rings. The predicted octanol–water partition coefficient (Wildman–Crippen LogP) is 2.62. The Bertz CT molecular complexity index is 399. The summed E-state index contributed by atoms with van der Waals surface area (Å²) in [6.07, 6.45) is 4.04. The molecule has 0 aliphatic carbocycles. The second-order valence-electron chi connectivity index (χ2n) is 4.52. The Morgan fingerprint density at radius 3 is 2.50 bits per heavy atom. The predicted molar refractivity (Wildman–Crippen MR) is 86.8 cm³/mol. The van der Waals surface area contributed by atoms with E-state index in [1.54, 1.807) is 0 Å². The molecule has 1 heterocycles. The topological polar surface area (TPSA) is 61.3 Å². The summed E-state index contributed by atoms with van der Waals surface area (Å²) in [5.74, 6) is 1.73. The van der Waals surface area contributed by atoms with Crippen molar-refractivity contribution in [3.63, 3.8) is 0 Å². The minimum Gasteiger partial charge on any atom is -0.395 e. The smallest absolute Gasteiger partial charge is 0.191 e. The molecule has 0 saturated heterocycles. The Kier molecular flexibility index (Phi) is 7.69. The van der Waals surface area contributed by atoms with Crippen molar-refractivity contribution >= 4 is 23.4 Å². The molecule has 0 aliphatic heterocycles. The molecule has 1 rings (SSSR count). The van der Waals surface area contributed by atoms with Crippen LogP contribution in [-0.4, -0.2) is 47.1 Å². The molecule has 0 radical (unpaired) electrons. The zero-order valence-corrected chi connectivity index (χ0v) is 13.7. The summed E-state index contributed by atoms with van der Waals surface area (Å²) in [5, 5.41) is 13.3. The van der Waals surface area contributed by atoms with E-state index in [0.29, 0.717) is 12.6 Å². The molecule has 0 aromatic carbocycles. The van der Waals surface area contributed by atoms with E-state index in [2.05, 4.69) is 34.0 Å². The van der Waals surface area contributed by atoms with Gasteiger partial charge in [0.15, 0.2) is 5.16 Å². The maximum Gasteiger partial charge on any atom is 0.191 e. The van der Waals surface area contributed by atoms with Crippen LogP contribution in [0.1, 0.15) is 33.6 Å². The monoisotopic (exact) mass is 298 g/mol. The molecule has 114 valence electrons. The third kappa shape index (κ3) is 4.52. The zero-order valence-electron chi connectivity index (χ0n) is 12.9. The zero-order chi connectivity index (χ0) is 15.0. The summed E-state index contributed by atoms with van der Waals surface area (Å²) >= 11 is 1.53. The van der Waals surface area contributed by atoms with Crippen LogP contribution in [0.25, 0.3) is 0 Å². The third-order valence-electron chi connectivity index (χ3n) is 3.25. The van der Waals surface area contributed by atoms with E-state index >= 15 is 0 Å². The molecule has 0 atom stereocenters. The van der Waals surface area contributed by atoms with Crippen LogP contribution >= 0.6 is 11.8 Å². The van der Waals surface area contributed by atoms with E-state index in [1.807, 2.05) is 19.2 Å². The number of aliphatic hydroxyl groups excluding tert-OH is 1. The van der Waals surface area contributed by atoms with Gasteiger partial charge in [0.1, 0.15) is 11.6 Å². The molecule has 0 saturated carbocycles. The van der Waals surface area contributed by atoms with Gasteiger partial charge in [-0.15, -0.1) is 0 Å². The number of anilines is 2. The molecule has 1 aromatic rings. The fourth-order valence-electron chi connectivity index (χ4n) is 2.24. The van der Waals surface area contributed by atoms with Gasteiger partial charge >= 0.3 is 0 Å². The van der Waals surface area contributed by atoms with E-state index in [0.717, 1.165) is 36.2 Å². The van der Waals surface area contributed by atoms with E-state index in [-0.39, 0.29) is 6.61 Å². The van der Waals surface area contributed by atoms with Crippen LogP contribution in [0.2, 0.25) is 0 Å². The van der Waals surface area contributed by atoms with Gasteiger partial charge in [-0.3, -0.25) is 0 Å². The number of aliphatic hydroxyl groups is 1. The van der Waals surface area contributed by atoms with Crippen LogP contribution in [0.3, 0.4) is 0 Å². The molecular weight excluding hydrogens is 272 g/mol. The number of aromatic nitrogens is 2. The first kappa shape index (κ1) is 17.0. The van der Waals surface area contributed by atoms with Crippen molar-refractivity contribution < 1.29 is 5.11 Å². The lowest BCUT2D eigenvalue weighted by molar-refractivity contribution is 0.295. The Balaban J connectivity index is 3.13. The molecule has 0 unspecified atom stereocenters. The molecule has 0 amide bonds. The molecule has 0 fully saturated rings. The maximum absolute atomic E-state index is 9.33. The van der Waals surface area contributed by atoms with E-state index in [9.17, 15) is 5.11 Å². The highest BCUT2D eigenvalue weighted by atomic mass is 32.2. The maximum atomic E-state index is 9.33. The normalized spacial score (nSPS) is 10.9. The highest BCUT2D eigenvalue weighted by molar-refractivity contribution is 7.98. The third-order valence-corrected chi connectivity index (χ3v) is 3.80. The molecule has 0 spiro atoms. The van der Waals surface area contributed by atoms with Crippen molar-refractivity contribution in [3.05, 3.63) is 6.07 Å². The van der Waals surface area contributed by atoms with Crippen molar-refractivity contribution in [2.24, 2.45) is 0 Å². The molecule has 2 N–H and O–H groups in total. The SMILES string of the molecule is CCNc1cc(N(CCO)C(CC)CC)nc(SC)n1. The van der Waals surface area contributed by atoms with Crippen molar-refractivity contribution in [1.29, 1.82) is 0 Å². The number of rotatable bonds is 9. The summed E-state index contributed by atoms with van der Waals surface area (Å²) in [6, 6.07) is 2.36. The first-order chi connectivity index (χ1) is 9.69. The molecule has 5 nitrogen and oxygen atoms in total. The summed E-state index contributed by atoms with van der Waals surface area (Å²) in [6.45, 7) is 7.94. The second-order valence-corrected chi connectivity index (χ2v) is 5.29. The van der Waals surface area contributed by atoms with Gasteiger partial charge in [-0.1, -0.05) is 25.6 Å². The number of nitrogens with zero attached hydrogens (tertiary/aromatic N) is 3. The van der Waals surface area contributed by atoms with Gasteiger partial charge in [0.2, 0.25) is 0 Å². The highest BCUT2D eigenvalue weighted by Crippen LogP contribution is 2.23. The second kappa shape index (κ2) is 9.02. The highest BCUT2D eigenvalue weighted by Gasteiger charge is 2.18. The number of nitrogens with one attached hydrogen (secondary N) is 1. The average molecular weight is 298 g/mol. The van der Waals surface area contributed by atoms with Crippen LogP contribution in [0.5, 0.6) is 0 Å². The minimum absolute atomic E-state index is 0.131. The summed E-state index contributed by atoms with van der Waals surface area (Å²) in [5.41, 5.74) is 0.